The van der Waals surface area contributed by atoms with Crippen molar-refractivity contribution >= 4 is 46.9 Å². The SMILES string of the molecule is Cc1ccc(N2C(=O)NC(=O)/C(=C\c3cc(C)n(-c4ccc([N+](=O)[O-])c(Cl)c4)c3C)C2=O)cc1. The van der Waals surface area contributed by atoms with Crippen LogP contribution < -0.4 is 10.2 Å². The van der Waals surface area contributed by atoms with Gasteiger partial charge in [0.25, 0.3) is 17.5 Å². The Morgan fingerprint density at radius 2 is 1.62 bits per heavy atom. The molecule has 10 heteroatoms. The second kappa shape index (κ2) is 8.60. The van der Waals surface area contributed by atoms with Gasteiger partial charge in [0.1, 0.15) is 10.6 Å². The Balaban J connectivity index is 1.75. The second-order valence-corrected chi connectivity index (χ2v) is 8.26. The third-order valence-electron chi connectivity index (χ3n) is 5.55. The van der Waals surface area contributed by atoms with Crippen LogP contribution in [0.2, 0.25) is 5.02 Å². The summed E-state index contributed by atoms with van der Waals surface area (Å²) in [7, 11) is 0. The molecule has 0 unspecified atom stereocenters. The Morgan fingerprint density at radius 1 is 0.971 bits per heavy atom. The molecule has 0 radical (unpaired) electrons. The zero-order chi connectivity index (χ0) is 24.7. The van der Waals surface area contributed by atoms with Crippen molar-refractivity contribution in [1.82, 2.24) is 9.88 Å². The van der Waals surface area contributed by atoms with Gasteiger partial charge in [0.2, 0.25) is 0 Å². The van der Waals surface area contributed by atoms with Crippen molar-refractivity contribution in [3.05, 3.63) is 91.8 Å². The minimum absolute atomic E-state index is 0.0102. The number of imide groups is 2. The van der Waals surface area contributed by atoms with Crippen LogP contribution in [0.5, 0.6) is 0 Å². The molecule has 0 aliphatic carbocycles. The highest BCUT2D eigenvalue weighted by Gasteiger charge is 2.37. The maximum absolute atomic E-state index is 13.1. The summed E-state index contributed by atoms with van der Waals surface area (Å²) in [4.78, 5) is 49.5. The molecule has 34 heavy (non-hydrogen) atoms. The van der Waals surface area contributed by atoms with E-state index in [1.54, 1.807) is 47.9 Å². The first-order chi connectivity index (χ1) is 16.1. The van der Waals surface area contributed by atoms with Crippen molar-refractivity contribution in [3.8, 4) is 5.69 Å². The van der Waals surface area contributed by atoms with Gasteiger partial charge < -0.3 is 4.57 Å². The van der Waals surface area contributed by atoms with E-state index in [0.717, 1.165) is 16.2 Å². The molecule has 1 saturated heterocycles. The molecule has 2 heterocycles. The van der Waals surface area contributed by atoms with Crippen LogP contribution >= 0.6 is 11.6 Å². The van der Waals surface area contributed by atoms with Crippen LogP contribution in [0.1, 0.15) is 22.5 Å². The number of benzene rings is 2. The lowest BCUT2D eigenvalue weighted by Gasteiger charge is -2.26. The monoisotopic (exact) mass is 478 g/mol. The molecule has 1 aromatic heterocycles. The Morgan fingerprint density at radius 3 is 2.24 bits per heavy atom. The summed E-state index contributed by atoms with van der Waals surface area (Å²) >= 11 is 6.08. The average Bonchev–Trinajstić information content (AvgIpc) is 3.04. The lowest BCUT2D eigenvalue weighted by molar-refractivity contribution is -0.384. The molecule has 9 nitrogen and oxygen atoms in total. The van der Waals surface area contributed by atoms with Crippen molar-refractivity contribution in [2.24, 2.45) is 0 Å². The first-order valence-corrected chi connectivity index (χ1v) is 10.6. The number of aromatic nitrogens is 1. The van der Waals surface area contributed by atoms with Crippen molar-refractivity contribution in [3.63, 3.8) is 0 Å². The predicted molar refractivity (Wildman–Crippen MR) is 127 cm³/mol. The molecule has 1 N–H and O–H groups in total. The molecule has 4 rings (SSSR count). The van der Waals surface area contributed by atoms with E-state index in [2.05, 4.69) is 5.32 Å². The highest BCUT2D eigenvalue weighted by molar-refractivity contribution is 6.39. The number of amides is 4. The number of carbonyl (C=O) groups excluding carboxylic acids is 3. The third kappa shape index (κ3) is 3.97. The normalized spacial score (nSPS) is 15.1. The summed E-state index contributed by atoms with van der Waals surface area (Å²) in [6.07, 6.45) is 1.43. The van der Waals surface area contributed by atoms with Gasteiger partial charge in [-0.25, -0.2) is 9.69 Å². The summed E-state index contributed by atoms with van der Waals surface area (Å²) in [6, 6.07) is 12.1. The molecule has 0 bridgehead atoms. The van der Waals surface area contributed by atoms with Crippen LogP contribution in [-0.2, 0) is 9.59 Å². The van der Waals surface area contributed by atoms with E-state index < -0.39 is 22.8 Å². The molecule has 1 aliphatic heterocycles. The largest absolute Gasteiger partial charge is 0.335 e. The highest BCUT2D eigenvalue weighted by Crippen LogP contribution is 2.30. The fourth-order valence-corrected chi connectivity index (χ4v) is 4.10. The zero-order valence-corrected chi connectivity index (χ0v) is 19.2. The molecule has 0 atom stereocenters. The molecular weight excluding hydrogens is 460 g/mol. The number of nitro benzene ring substituents is 1. The maximum atomic E-state index is 13.1. The Hall–Kier alpha value is -4.24. The van der Waals surface area contributed by atoms with E-state index in [4.69, 9.17) is 11.6 Å². The number of nitrogens with zero attached hydrogens (tertiary/aromatic N) is 3. The minimum Gasteiger partial charge on any atom is -0.318 e. The van der Waals surface area contributed by atoms with Gasteiger partial charge in [0.15, 0.2) is 0 Å². The first-order valence-electron chi connectivity index (χ1n) is 10.2. The predicted octanol–water partition coefficient (Wildman–Crippen LogP) is 4.63. The molecule has 4 amide bonds. The molecule has 1 fully saturated rings. The van der Waals surface area contributed by atoms with Gasteiger partial charge in [-0.2, -0.15) is 0 Å². The van der Waals surface area contributed by atoms with Gasteiger partial charge in [0, 0.05) is 23.1 Å². The number of anilines is 1. The number of barbiturate groups is 1. The minimum atomic E-state index is -0.818. The van der Waals surface area contributed by atoms with Crippen molar-refractivity contribution in [1.29, 1.82) is 0 Å². The summed E-state index contributed by atoms with van der Waals surface area (Å²) in [5.41, 5.74) is 3.49. The number of nitrogens with one attached hydrogen (secondary N) is 1. The molecule has 0 saturated carbocycles. The van der Waals surface area contributed by atoms with E-state index in [0.29, 0.717) is 22.6 Å². The number of aryl methyl sites for hydroxylation is 2. The van der Waals surface area contributed by atoms with E-state index in [9.17, 15) is 24.5 Å². The third-order valence-corrected chi connectivity index (χ3v) is 5.85. The topological polar surface area (TPSA) is 115 Å². The number of carbonyl (C=O) groups is 3. The van der Waals surface area contributed by atoms with Crippen molar-refractivity contribution in [2.75, 3.05) is 4.90 Å². The van der Waals surface area contributed by atoms with Crippen molar-refractivity contribution in [2.45, 2.75) is 20.8 Å². The average molecular weight is 479 g/mol. The van der Waals surface area contributed by atoms with Crippen LogP contribution in [0.25, 0.3) is 11.8 Å². The van der Waals surface area contributed by atoms with Crippen LogP contribution in [0.15, 0.2) is 54.1 Å². The molecular formula is C24H19ClN4O5. The Kier molecular flexibility index (Phi) is 5.80. The highest BCUT2D eigenvalue weighted by atomic mass is 35.5. The summed E-state index contributed by atoms with van der Waals surface area (Å²) < 4.78 is 1.80. The quantitative estimate of drug-likeness (QED) is 0.254. The number of rotatable bonds is 4. The van der Waals surface area contributed by atoms with Crippen molar-refractivity contribution < 1.29 is 19.3 Å². The standard InChI is InChI=1S/C24H19ClN4O5/c1-13-4-6-17(7-5-13)28-23(31)19(22(30)26-24(28)32)11-16-10-14(2)27(15(16)3)18-8-9-21(29(33)34)20(25)12-18/h4-12H,1-3H3,(H,26,30,32)/b19-11+. The van der Waals surface area contributed by atoms with E-state index in [-0.39, 0.29) is 16.3 Å². The van der Waals surface area contributed by atoms with E-state index in [1.807, 2.05) is 13.8 Å². The number of halogens is 1. The van der Waals surface area contributed by atoms with Gasteiger partial charge in [-0.1, -0.05) is 29.3 Å². The van der Waals surface area contributed by atoms with Gasteiger partial charge in [-0.3, -0.25) is 25.0 Å². The number of hydrogen-bond acceptors (Lipinski definition) is 5. The molecule has 3 aromatic rings. The number of urea groups is 1. The van der Waals surface area contributed by atoms with Gasteiger partial charge >= 0.3 is 6.03 Å². The number of hydrogen-bond donors (Lipinski definition) is 1. The van der Waals surface area contributed by atoms with Crippen LogP contribution in [0.3, 0.4) is 0 Å². The van der Waals surface area contributed by atoms with E-state index in [1.165, 1.54) is 18.2 Å². The smallest absolute Gasteiger partial charge is 0.318 e. The summed E-state index contributed by atoms with van der Waals surface area (Å²) in [5, 5.41) is 13.3. The lowest BCUT2D eigenvalue weighted by atomic mass is 10.1. The van der Waals surface area contributed by atoms with Gasteiger partial charge in [-0.05, 0) is 62.7 Å². The molecule has 172 valence electrons. The lowest BCUT2D eigenvalue weighted by Crippen LogP contribution is -2.54. The van der Waals surface area contributed by atoms with Gasteiger partial charge in [-0.15, -0.1) is 0 Å². The summed E-state index contributed by atoms with van der Waals surface area (Å²) in [5.74, 6) is -1.53. The van der Waals surface area contributed by atoms with Crippen LogP contribution in [-0.4, -0.2) is 27.3 Å². The van der Waals surface area contributed by atoms with E-state index >= 15 is 0 Å². The zero-order valence-electron chi connectivity index (χ0n) is 18.5. The number of nitro groups is 1. The Labute approximate surface area is 199 Å². The van der Waals surface area contributed by atoms with Crippen LogP contribution in [0, 0.1) is 30.9 Å². The molecule has 1 aliphatic rings. The fourth-order valence-electron chi connectivity index (χ4n) is 3.86. The summed E-state index contributed by atoms with van der Waals surface area (Å²) in [6.45, 7) is 5.47. The van der Waals surface area contributed by atoms with Gasteiger partial charge in [0.05, 0.1) is 10.6 Å². The molecule has 2 aromatic carbocycles. The fraction of sp³-hybridized carbons (Fsp3) is 0.125. The first kappa shape index (κ1) is 22.9. The Bertz CT molecular complexity index is 1410. The van der Waals surface area contributed by atoms with Crippen LogP contribution in [0.4, 0.5) is 16.2 Å². The maximum Gasteiger partial charge on any atom is 0.335 e. The second-order valence-electron chi connectivity index (χ2n) is 7.85. The molecule has 0 spiro atoms.